The fraction of sp³-hybridized carbons (Fsp3) is 0.222. The minimum Gasteiger partial charge on any atom is -0.301 e. The molecule has 2 aromatic carbocycles. The molecule has 1 amide bonds. The molecule has 0 saturated heterocycles. The third-order valence-electron chi connectivity index (χ3n) is 3.94. The summed E-state index contributed by atoms with van der Waals surface area (Å²) in [5.74, 6) is -0.365. The second-order valence-electron chi connectivity index (χ2n) is 5.78. The Kier molecular flexibility index (Phi) is 4.87. The zero-order valence-electron chi connectivity index (χ0n) is 13.9. The predicted octanol–water partition coefficient (Wildman–Crippen LogP) is 3.83. The fourth-order valence-corrected chi connectivity index (χ4v) is 4.27. The Morgan fingerprint density at radius 3 is 2.56 bits per heavy atom. The van der Waals surface area contributed by atoms with Gasteiger partial charge in [-0.15, -0.1) is 0 Å². The molecule has 0 saturated carbocycles. The number of fused-ring (bicyclic) bond motifs is 1. The number of thiazole rings is 1. The first-order valence-corrected chi connectivity index (χ1v) is 10.6. The molecule has 0 fully saturated rings. The maximum absolute atomic E-state index is 12.6. The van der Waals surface area contributed by atoms with Gasteiger partial charge in [0, 0.05) is 6.26 Å². The lowest BCUT2D eigenvalue weighted by Crippen LogP contribution is -2.20. The molecule has 1 aromatic heterocycles. The van der Waals surface area contributed by atoms with Gasteiger partial charge in [-0.1, -0.05) is 48.6 Å². The fourth-order valence-electron chi connectivity index (χ4n) is 2.64. The number of nitrogens with zero attached hydrogens (tertiary/aromatic N) is 1. The van der Waals surface area contributed by atoms with Gasteiger partial charge in [-0.2, -0.15) is 0 Å². The number of aromatic nitrogens is 1. The van der Waals surface area contributed by atoms with Crippen molar-refractivity contribution in [2.75, 3.05) is 11.6 Å². The van der Waals surface area contributed by atoms with E-state index in [1.807, 2.05) is 37.3 Å². The van der Waals surface area contributed by atoms with E-state index in [4.69, 9.17) is 0 Å². The van der Waals surface area contributed by atoms with Gasteiger partial charge in [-0.05, 0) is 30.2 Å². The summed E-state index contributed by atoms with van der Waals surface area (Å²) in [4.78, 5) is 17.2. The van der Waals surface area contributed by atoms with E-state index in [1.54, 1.807) is 12.1 Å². The van der Waals surface area contributed by atoms with Gasteiger partial charge in [-0.3, -0.25) is 4.79 Å². The van der Waals surface area contributed by atoms with E-state index < -0.39 is 9.84 Å². The predicted molar refractivity (Wildman–Crippen MR) is 101 cm³/mol. The molecule has 1 unspecified atom stereocenters. The highest BCUT2D eigenvalue weighted by molar-refractivity contribution is 7.90. The summed E-state index contributed by atoms with van der Waals surface area (Å²) < 4.78 is 24.0. The van der Waals surface area contributed by atoms with E-state index in [0.29, 0.717) is 17.1 Å². The molecule has 0 spiro atoms. The van der Waals surface area contributed by atoms with Gasteiger partial charge in [0.2, 0.25) is 5.91 Å². The largest absolute Gasteiger partial charge is 0.301 e. The number of anilines is 1. The highest BCUT2D eigenvalue weighted by atomic mass is 32.2. The molecule has 0 radical (unpaired) electrons. The van der Waals surface area contributed by atoms with Gasteiger partial charge in [-0.25, -0.2) is 13.4 Å². The molecule has 130 valence electrons. The van der Waals surface area contributed by atoms with Crippen molar-refractivity contribution in [1.29, 1.82) is 0 Å². The zero-order valence-corrected chi connectivity index (χ0v) is 15.5. The normalized spacial score (nSPS) is 12.9. The van der Waals surface area contributed by atoms with Crippen LogP contribution >= 0.6 is 11.3 Å². The van der Waals surface area contributed by atoms with Crippen molar-refractivity contribution < 1.29 is 13.2 Å². The van der Waals surface area contributed by atoms with Crippen LogP contribution in [-0.4, -0.2) is 25.6 Å². The Hall–Kier alpha value is -2.25. The number of amides is 1. The van der Waals surface area contributed by atoms with Crippen LogP contribution in [0.15, 0.2) is 53.4 Å². The number of hydrogen-bond donors (Lipinski definition) is 1. The van der Waals surface area contributed by atoms with Crippen molar-refractivity contribution in [2.45, 2.75) is 24.2 Å². The van der Waals surface area contributed by atoms with Crippen molar-refractivity contribution in [3.63, 3.8) is 0 Å². The Balaban J connectivity index is 1.86. The van der Waals surface area contributed by atoms with E-state index in [2.05, 4.69) is 10.3 Å². The number of carbonyl (C=O) groups is 1. The monoisotopic (exact) mass is 374 g/mol. The van der Waals surface area contributed by atoms with Crippen LogP contribution < -0.4 is 5.32 Å². The molecule has 0 aliphatic heterocycles. The number of hydrogen-bond acceptors (Lipinski definition) is 5. The molecule has 1 heterocycles. The van der Waals surface area contributed by atoms with Gasteiger partial charge in [0.05, 0.1) is 21.0 Å². The Bertz CT molecular complexity index is 1010. The molecule has 1 atom stereocenters. The molecule has 3 aromatic rings. The van der Waals surface area contributed by atoms with Crippen molar-refractivity contribution in [2.24, 2.45) is 0 Å². The van der Waals surface area contributed by atoms with E-state index in [0.717, 1.165) is 10.3 Å². The number of benzene rings is 2. The summed E-state index contributed by atoms with van der Waals surface area (Å²) in [5, 5.41) is 3.33. The molecule has 0 aliphatic rings. The van der Waals surface area contributed by atoms with Crippen LogP contribution in [0, 0.1) is 0 Å². The number of rotatable bonds is 5. The van der Waals surface area contributed by atoms with Gasteiger partial charge in [0.15, 0.2) is 15.0 Å². The topological polar surface area (TPSA) is 76.1 Å². The van der Waals surface area contributed by atoms with Crippen LogP contribution in [0.2, 0.25) is 0 Å². The number of nitrogens with one attached hydrogen (secondary N) is 1. The first kappa shape index (κ1) is 17.6. The highest BCUT2D eigenvalue weighted by Crippen LogP contribution is 2.29. The zero-order chi connectivity index (χ0) is 18.0. The smallest absolute Gasteiger partial charge is 0.233 e. The molecule has 0 aliphatic carbocycles. The molecular formula is C18H18N2O3S2. The van der Waals surface area contributed by atoms with E-state index in [-0.39, 0.29) is 16.7 Å². The van der Waals surface area contributed by atoms with Gasteiger partial charge in [0.25, 0.3) is 0 Å². The van der Waals surface area contributed by atoms with E-state index in [1.165, 1.54) is 23.7 Å². The molecular weight excluding hydrogens is 356 g/mol. The average Bonchev–Trinajstić information content (AvgIpc) is 2.97. The quantitative estimate of drug-likeness (QED) is 0.736. The number of sulfone groups is 1. The molecule has 7 heteroatoms. The first-order chi connectivity index (χ1) is 11.9. The van der Waals surface area contributed by atoms with Crippen molar-refractivity contribution >= 4 is 42.4 Å². The maximum atomic E-state index is 12.6. The van der Waals surface area contributed by atoms with Crippen LogP contribution in [0.4, 0.5) is 5.13 Å². The molecule has 1 N–H and O–H groups in total. The number of carbonyl (C=O) groups excluding carboxylic acids is 1. The summed E-state index contributed by atoms with van der Waals surface area (Å²) in [6.07, 6.45) is 1.85. The van der Waals surface area contributed by atoms with E-state index in [9.17, 15) is 13.2 Å². The Morgan fingerprint density at radius 1 is 1.20 bits per heavy atom. The summed E-state index contributed by atoms with van der Waals surface area (Å²) in [6.45, 7) is 1.97. The third-order valence-corrected chi connectivity index (χ3v) is 5.99. The van der Waals surface area contributed by atoms with Crippen LogP contribution in [0.25, 0.3) is 10.2 Å². The molecule has 5 nitrogen and oxygen atoms in total. The lowest BCUT2D eigenvalue weighted by molar-refractivity contribution is -0.117. The summed E-state index contributed by atoms with van der Waals surface area (Å²) >= 11 is 1.27. The lowest BCUT2D eigenvalue weighted by atomic mass is 9.96. The van der Waals surface area contributed by atoms with Crippen LogP contribution in [0.5, 0.6) is 0 Å². The van der Waals surface area contributed by atoms with Crippen LogP contribution in [0.1, 0.15) is 24.8 Å². The Labute approximate surface area is 150 Å². The SMILES string of the molecule is CCC(C(=O)Nc1nc2ccc(S(C)(=O)=O)cc2s1)c1ccccc1. The van der Waals surface area contributed by atoms with Crippen molar-refractivity contribution in [3.05, 3.63) is 54.1 Å². The molecule has 3 rings (SSSR count). The van der Waals surface area contributed by atoms with Crippen LogP contribution in [-0.2, 0) is 14.6 Å². The molecule has 0 bridgehead atoms. The van der Waals surface area contributed by atoms with Gasteiger partial charge >= 0.3 is 0 Å². The Morgan fingerprint density at radius 2 is 1.92 bits per heavy atom. The summed E-state index contributed by atoms with van der Waals surface area (Å²) in [6, 6.07) is 14.4. The van der Waals surface area contributed by atoms with E-state index >= 15 is 0 Å². The standard InChI is InChI=1S/C18H18N2O3S2/c1-3-14(12-7-5-4-6-8-12)17(21)20-18-19-15-10-9-13(25(2,22)23)11-16(15)24-18/h4-11,14H,3H2,1-2H3,(H,19,20,21). The second kappa shape index (κ2) is 6.93. The second-order valence-corrected chi connectivity index (χ2v) is 8.83. The summed E-state index contributed by atoms with van der Waals surface area (Å²) in [5.41, 5.74) is 1.63. The average molecular weight is 374 g/mol. The maximum Gasteiger partial charge on any atom is 0.233 e. The van der Waals surface area contributed by atoms with Crippen molar-refractivity contribution in [1.82, 2.24) is 4.98 Å². The first-order valence-electron chi connectivity index (χ1n) is 7.85. The third kappa shape index (κ3) is 3.88. The van der Waals surface area contributed by atoms with Gasteiger partial charge in [0.1, 0.15) is 0 Å². The lowest BCUT2D eigenvalue weighted by Gasteiger charge is -2.13. The van der Waals surface area contributed by atoms with Gasteiger partial charge < -0.3 is 5.32 Å². The minimum atomic E-state index is -3.27. The highest BCUT2D eigenvalue weighted by Gasteiger charge is 2.20. The minimum absolute atomic E-state index is 0.115. The van der Waals surface area contributed by atoms with Crippen molar-refractivity contribution in [3.8, 4) is 0 Å². The van der Waals surface area contributed by atoms with Crippen LogP contribution in [0.3, 0.4) is 0 Å². The summed E-state index contributed by atoms with van der Waals surface area (Å²) in [7, 11) is -3.27. The molecule has 25 heavy (non-hydrogen) atoms.